The SMILES string of the molecule is COc1ccccc1-n1nncc1Br. The molecule has 0 atom stereocenters. The van der Waals surface area contributed by atoms with E-state index in [9.17, 15) is 0 Å². The van der Waals surface area contributed by atoms with Gasteiger partial charge < -0.3 is 4.74 Å². The Bertz CT molecular complexity index is 441. The van der Waals surface area contributed by atoms with E-state index in [-0.39, 0.29) is 0 Å². The maximum atomic E-state index is 5.21. The second kappa shape index (κ2) is 3.79. The Hall–Kier alpha value is -1.36. The number of nitrogens with zero attached hydrogens (tertiary/aromatic N) is 3. The van der Waals surface area contributed by atoms with E-state index in [1.54, 1.807) is 18.0 Å². The molecule has 2 rings (SSSR count). The first kappa shape index (κ1) is 9.21. The molecule has 4 nitrogen and oxygen atoms in total. The summed E-state index contributed by atoms with van der Waals surface area (Å²) in [6.07, 6.45) is 1.63. The molecule has 14 heavy (non-hydrogen) atoms. The highest BCUT2D eigenvalue weighted by Crippen LogP contribution is 2.23. The second-order valence-electron chi connectivity index (χ2n) is 2.64. The first-order valence-electron chi connectivity index (χ1n) is 4.02. The summed E-state index contributed by atoms with van der Waals surface area (Å²) in [5.74, 6) is 0.763. The molecule has 5 heteroatoms. The van der Waals surface area contributed by atoms with Crippen LogP contribution in [0.3, 0.4) is 0 Å². The highest BCUT2D eigenvalue weighted by atomic mass is 79.9. The summed E-state index contributed by atoms with van der Waals surface area (Å²) in [4.78, 5) is 0. The van der Waals surface area contributed by atoms with Crippen LogP contribution in [0.15, 0.2) is 35.1 Å². The van der Waals surface area contributed by atoms with Crippen LogP contribution in [0, 0.1) is 0 Å². The van der Waals surface area contributed by atoms with Crippen LogP contribution < -0.4 is 4.74 Å². The highest BCUT2D eigenvalue weighted by Gasteiger charge is 2.07. The van der Waals surface area contributed by atoms with E-state index in [4.69, 9.17) is 4.74 Å². The second-order valence-corrected chi connectivity index (χ2v) is 3.45. The Labute approximate surface area is 89.6 Å². The van der Waals surface area contributed by atoms with E-state index in [1.807, 2.05) is 24.3 Å². The van der Waals surface area contributed by atoms with Gasteiger partial charge in [-0.3, -0.25) is 0 Å². The first-order valence-corrected chi connectivity index (χ1v) is 4.82. The molecule has 0 saturated heterocycles. The molecule has 0 fully saturated rings. The summed E-state index contributed by atoms with van der Waals surface area (Å²) in [5.41, 5.74) is 0.861. The van der Waals surface area contributed by atoms with Gasteiger partial charge in [-0.1, -0.05) is 17.3 Å². The zero-order valence-corrected chi connectivity index (χ0v) is 9.10. The summed E-state index contributed by atoms with van der Waals surface area (Å²) < 4.78 is 7.67. The van der Waals surface area contributed by atoms with Gasteiger partial charge in [-0.25, -0.2) is 4.68 Å². The molecule has 0 radical (unpaired) electrons. The van der Waals surface area contributed by atoms with Crippen molar-refractivity contribution in [2.75, 3.05) is 7.11 Å². The monoisotopic (exact) mass is 253 g/mol. The molecule has 1 aromatic carbocycles. The van der Waals surface area contributed by atoms with Crippen LogP contribution in [0.25, 0.3) is 5.69 Å². The fourth-order valence-corrected chi connectivity index (χ4v) is 1.54. The molecule has 0 saturated carbocycles. The lowest BCUT2D eigenvalue weighted by molar-refractivity contribution is 0.411. The summed E-state index contributed by atoms with van der Waals surface area (Å²) in [7, 11) is 1.63. The Kier molecular flexibility index (Phi) is 2.49. The minimum Gasteiger partial charge on any atom is -0.494 e. The number of hydrogen-bond donors (Lipinski definition) is 0. The predicted octanol–water partition coefficient (Wildman–Crippen LogP) is 2.04. The van der Waals surface area contributed by atoms with E-state index in [2.05, 4.69) is 26.2 Å². The normalized spacial score (nSPS) is 10.1. The third-order valence-electron chi connectivity index (χ3n) is 1.82. The molecule has 72 valence electrons. The lowest BCUT2D eigenvalue weighted by Crippen LogP contribution is -1.99. The smallest absolute Gasteiger partial charge is 0.144 e. The number of methoxy groups -OCH3 is 1. The molecule has 0 N–H and O–H groups in total. The van der Waals surface area contributed by atoms with Gasteiger partial charge in [-0.05, 0) is 28.1 Å². The lowest BCUT2D eigenvalue weighted by atomic mass is 10.3. The summed E-state index contributed by atoms with van der Waals surface area (Å²) >= 11 is 3.35. The molecule has 0 amide bonds. The van der Waals surface area contributed by atoms with Crippen molar-refractivity contribution in [2.45, 2.75) is 0 Å². The van der Waals surface area contributed by atoms with Crippen LogP contribution in [0.5, 0.6) is 5.75 Å². The van der Waals surface area contributed by atoms with E-state index in [0.29, 0.717) is 0 Å². The van der Waals surface area contributed by atoms with Crippen molar-refractivity contribution in [1.82, 2.24) is 15.0 Å². The van der Waals surface area contributed by atoms with Gasteiger partial charge in [0.1, 0.15) is 16.0 Å². The third-order valence-corrected chi connectivity index (χ3v) is 2.36. The fraction of sp³-hybridized carbons (Fsp3) is 0.111. The van der Waals surface area contributed by atoms with Gasteiger partial charge in [0, 0.05) is 0 Å². The minimum atomic E-state index is 0.763. The van der Waals surface area contributed by atoms with E-state index < -0.39 is 0 Å². The largest absolute Gasteiger partial charge is 0.494 e. The highest BCUT2D eigenvalue weighted by molar-refractivity contribution is 9.10. The first-order chi connectivity index (χ1) is 6.83. The van der Waals surface area contributed by atoms with Gasteiger partial charge in [-0.2, -0.15) is 0 Å². The molecule has 0 aliphatic carbocycles. The molecular formula is C9H8BrN3O. The number of aromatic nitrogens is 3. The van der Waals surface area contributed by atoms with Crippen molar-refractivity contribution in [3.05, 3.63) is 35.1 Å². The summed E-state index contributed by atoms with van der Waals surface area (Å²) in [6, 6.07) is 7.63. The van der Waals surface area contributed by atoms with Crippen LogP contribution in [-0.4, -0.2) is 22.1 Å². The van der Waals surface area contributed by atoms with Crippen molar-refractivity contribution in [1.29, 1.82) is 0 Å². The quantitative estimate of drug-likeness (QED) is 0.823. The molecule has 1 aromatic heterocycles. The fourth-order valence-electron chi connectivity index (χ4n) is 1.19. The van der Waals surface area contributed by atoms with Crippen molar-refractivity contribution in [2.24, 2.45) is 0 Å². The van der Waals surface area contributed by atoms with Gasteiger partial charge in [0.25, 0.3) is 0 Å². The zero-order chi connectivity index (χ0) is 9.97. The topological polar surface area (TPSA) is 39.9 Å². The number of hydrogen-bond acceptors (Lipinski definition) is 3. The van der Waals surface area contributed by atoms with Crippen LogP contribution >= 0.6 is 15.9 Å². The molecule has 0 aliphatic heterocycles. The molecule has 1 heterocycles. The van der Waals surface area contributed by atoms with Crippen molar-refractivity contribution < 1.29 is 4.74 Å². The third kappa shape index (κ3) is 1.50. The minimum absolute atomic E-state index is 0.763. The van der Waals surface area contributed by atoms with Crippen molar-refractivity contribution >= 4 is 15.9 Å². The van der Waals surface area contributed by atoms with Gasteiger partial charge in [-0.15, -0.1) is 5.10 Å². The number of rotatable bonds is 2. The Morgan fingerprint density at radius 3 is 2.79 bits per heavy atom. The number of halogens is 1. The van der Waals surface area contributed by atoms with E-state index in [1.165, 1.54) is 0 Å². The van der Waals surface area contributed by atoms with Crippen molar-refractivity contribution in [3.8, 4) is 11.4 Å². The molecule has 0 bridgehead atoms. The van der Waals surface area contributed by atoms with Crippen LogP contribution in [-0.2, 0) is 0 Å². The summed E-state index contributed by atoms with van der Waals surface area (Å²) in [5, 5.41) is 7.72. The number of ether oxygens (including phenoxy) is 1. The van der Waals surface area contributed by atoms with Crippen LogP contribution in [0.2, 0.25) is 0 Å². The number of benzene rings is 1. The molecule has 0 spiro atoms. The predicted molar refractivity (Wildman–Crippen MR) is 55.6 cm³/mol. The van der Waals surface area contributed by atoms with Crippen LogP contribution in [0.1, 0.15) is 0 Å². The number of para-hydroxylation sites is 2. The maximum Gasteiger partial charge on any atom is 0.144 e. The Balaban J connectivity index is 2.56. The van der Waals surface area contributed by atoms with Crippen LogP contribution in [0.4, 0.5) is 0 Å². The Morgan fingerprint density at radius 2 is 2.14 bits per heavy atom. The molecule has 0 unspecified atom stereocenters. The molecule has 2 aromatic rings. The van der Waals surface area contributed by atoms with Gasteiger partial charge in [0.2, 0.25) is 0 Å². The van der Waals surface area contributed by atoms with E-state index >= 15 is 0 Å². The Morgan fingerprint density at radius 1 is 1.36 bits per heavy atom. The van der Waals surface area contributed by atoms with Crippen molar-refractivity contribution in [3.63, 3.8) is 0 Å². The average molecular weight is 254 g/mol. The van der Waals surface area contributed by atoms with Gasteiger partial charge in [0.15, 0.2) is 0 Å². The standard InChI is InChI=1S/C9H8BrN3O/c1-14-8-5-3-2-4-7(8)13-9(10)6-11-12-13/h2-6H,1H3. The van der Waals surface area contributed by atoms with Gasteiger partial charge >= 0.3 is 0 Å². The zero-order valence-electron chi connectivity index (χ0n) is 7.51. The maximum absolute atomic E-state index is 5.21. The molecular weight excluding hydrogens is 246 g/mol. The summed E-state index contributed by atoms with van der Waals surface area (Å²) in [6.45, 7) is 0. The van der Waals surface area contributed by atoms with Gasteiger partial charge in [0.05, 0.1) is 13.3 Å². The lowest BCUT2D eigenvalue weighted by Gasteiger charge is -2.07. The average Bonchev–Trinajstić information content (AvgIpc) is 2.64. The van der Waals surface area contributed by atoms with E-state index in [0.717, 1.165) is 16.0 Å². The molecule has 0 aliphatic rings.